The van der Waals surface area contributed by atoms with Gasteiger partial charge >= 0.3 is 0 Å². The molecule has 1 aliphatic rings. The molecule has 0 saturated carbocycles. The van der Waals surface area contributed by atoms with Crippen LogP contribution in [0.3, 0.4) is 0 Å². The number of amides is 1. The predicted octanol–water partition coefficient (Wildman–Crippen LogP) is 5.64. The minimum absolute atomic E-state index is 0.156. The maximum atomic E-state index is 12.7. The van der Waals surface area contributed by atoms with Gasteiger partial charge in [-0.1, -0.05) is 12.1 Å². The Kier molecular flexibility index (Phi) is 7.49. The maximum absolute atomic E-state index is 12.7. The van der Waals surface area contributed by atoms with E-state index in [9.17, 15) is 4.79 Å². The lowest BCUT2D eigenvalue weighted by molar-refractivity contribution is -0.113. The molecule has 0 radical (unpaired) electrons. The first-order valence-electron chi connectivity index (χ1n) is 10.6. The highest BCUT2D eigenvalue weighted by molar-refractivity contribution is 8.14. The first-order valence-corrected chi connectivity index (χ1v) is 11.6. The Balaban J connectivity index is 1.50. The van der Waals surface area contributed by atoms with E-state index in [-0.39, 0.29) is 11.7 Å². The number of thioether (sulfide) groups is 1. The number of benzene rings is 3. The summed E-state index contributed by atoms with van der Waals surface area (Å²) in [5, 5.41) is 3.72. The smallest absolute Gasteiger partial charge is 0.234 e. The lowest BCUT2D eigenvalue weighted by Crippen LogP contribution is -2.16. The average molecular weight is 476 g/mol. The van der Waals surface area contributed by atoms with Crippen molar-refractivity contribution < 1.29 is 19.0 Å². The number of fused-ring (bicyclic) bond motifs is 1. The van der Waals surface area contributed by atoms with Gasteiger partial charge in [-0.05, 0) is 54.1 Å². The molecular weight excluding hydrogens is 450 g/mol. The number of aliphatic imine (C=N–C) groups is 2. The van der Waals surface area contributed by atoms with E-state index in [1.807, 2.05) is 48.5 Å². The standard InChI is InChI=1S/C26H25N3O4S/c1-31-18-10-8-17(9-11-18)23-15-26(29-21-7-5-4-6-20(21)27-23)34-16-25(30)28-22-13-12-19(32-2)14-24(22)33-3/h4-14H,15-16H2,1-3H3,(H,28,30). The van der Waals surface area contributed by atoms with Crippen LogP contribution in [0.2, 0.25) is 0 Å². The molecule has 4 rings (SSSR count). The third kappa shape index (κ3) is 5.58. The fourth-order valence-electron chi connectivity index (χ4n) is 3.43. The summed E-state index contributed by atoms with van der Waals surface area (Å²) in [7, 11) is 4.78. The van der Waals surface area contributed by atoms with Gasteiger partial charge in [-0.2, -0.15) is 0 Å². The molecule has 0 fully saturated rings. The Morgan fingerprint density at radius 1 is 0.882 bits per heavy atom. The number of carbonyl (C=O) groups is 1. The molecule has 0 aliphatic carbocycles. The van der Waals surface area contributed by atoms with E-state index in [0.717, 1.165) is 33.4 Å². The number of anilines is 1. The van der Waals surface area contributed by atoms with E-state index in [2.05, 4.69) is 5.32 Å². The number of methoxy groups -OCH3 is 3. The predicted molar refractivity (Wildman–Crippen MR) is 138 cm³/mol. The van der Waals surface area contributed by atoms with E-state index < -0.39 is 0 Å². The van der Waals surface area contributed by atoms with Gasteiger partial charge in [0, 0.05) is 12.5 Å². The van der Waals surface area contributed by atoms with Gasteiger partial charge in [-0.3, -0.25) is 9.79 Å². The zero-order valence-electron chi connectivity index (χ0n) is 19.2. The van der Waals surface area contributed by atoms with Crippen molar-refractivity contribution in [1.29, 1.82) is 0 Å². The molecule has 8 heteroatoms. The fraction of sp³-hybridized carbons (Fsp3) is 0.192. The Hall–Kier alpha value is -3.78. The molecule has 0 saturated heterocycles. The summed E-state index contributed by atoms with van der Waals surface area (Å²) in [6, 6.07) is 20.8. The number of nitrogens with zero attached hydrogens (tertiary/aromatic N) is 2. The van der Waals surface area contributed by atoms with Crippen molar-refractivity contribution in [3.8, 4) is 17.2 Å². The number of para-hydroxylation sites is 2. The highest BCUT2D eigenvalue weighted by Crippen LogP contribution is 2.34. The molecule has 1 aliphatic heterocycles. The van der Waals surface area contributed by atoms with Crippen LogP contribution in [0.1, 0.15) is 12.0 Å². The number of rotatable bonds is 7. The van der Waals surface area contributed by atoms with Crippen LogP contribution < -0.4 is 19.5 Å². The lowest BCUT2D eigenvalue weighted by atomic mass is 10.1. The van der Waals surface area contributed by atoms with Crippen molar-refractivity contribution in [2.75, 3.05) is 32.4 Å². The molecule has 3 aromatic carbocycles. The van der Waals surface area contributed by atoms with Crippen LogP contribution in [-0.2, 0) is 4.79 Å². The lowest BCUT2D eigenvalue weighted by Gasteiger charge is -2.12. The van der Waals surface area contributed by atoms with Crippen molar-refractivity contribution in [2.45, 2.75) is 6.42 Å². The number of nitrogens with one attached hydrogen (secondary N) is 1. The van der Waals surface area contributed by atoms with E-state index >= 15 is 0 Å². The Morgan fingerprint density at radius 2 is 1.56 bits per heavy atom. The number of hydrogen-bond acceptors (Lipinski definition) is 7. The summed E-state index contributed by atoms with van der Waals surface area (Å²) >= 11 is 1.40. The minimum Gasteiger partial charge on any atom is -0.497 e. The fourth-order valence-corrected chi connectivity index (χ4v) is 4.20. The van der Waals surface area contributed by atoms with E-state index in [1.54, 1.807) is 39.5 Å². The van der Waals surface area contributed by atoms with Crippen LogP contribution >= 0.6 is 11.8 Å². The van der Waals surface area contributed by atoms with Gasteiger partial charge in [0.25, 0.3) is 0 Å². The summed E-state index contributed by atoms with van der Waals surface area (Å²) in [5.74, 6) is 2.02. The van der Waals surface area contributed by atoms with Crippen molar-refractivity contribution in [2.24, 2.45) is 9.98 Å². The second kappa shape index (κ2) is 10.9. The van der Waals surface area contributed by atoms with Gasteiger partial charge in [-0.25, -0.2) is 4.99 Å². The van der Waals surface area contributed by atoms with E-state index in [1.165, 1.54) is 11.8 Å². The van der Waals surface area contributed by atoms with Crippen LogP contribution in [0.25, 0.3) is 0 Å². The van der Waals surface area contributed by atoms with Gasteiger partial charge in [-0.15, -0.1) is 11.8 Å². The van der Waals surface area contributed by atoms with Crippen molar-refractivity contribution in [1.82, 2.24) is 0 Å². The minimum atomic E-state index is -0.156. The second-order valence-corrected chi connectivity index (χ2v) is 8.41. The maximum Gasteiger partial charge on any atom is 0.234 e. The number of carbonyl (C=O) groups excluding carboxylic acids is 1. The first-order chi connectivity index (χ1) is 16.6. The quantitative estimate of drug-likeness (QED) is 0.478. The highest BCUT2D eigenvalue weighted by Gasteiger charge is 2.17. The van der Waals surface area contributed by atoms with Crippen LogP contribution in [0.15, 0.2) is 76.7 Å². The monoisotopic (exact) mass is 475 g/mol. The summed E-state index contributed by atoms with van der Waals surface area (Å²) in [6.45, 7) is 0. The molecule has 0 atom stereocenters. The van der Waals surface area contributed by atoms with Crippen molar-refractivity contribution in [3.63, 3.8) is 0 Å². The Bertz CT molecular complexity index is 1240. The van der Waals surface area contributed by atoms with Crippen molar-refractivity contribution >= 4 is 45.5 Å². The summed E-state index contributed by atoms with van der Waals surface area (Å²) < 4.78 is 15.9. The highest BCUT2D eigenvalue weighted by atomic mass is 32.2. The van der Waals surface area contributed by atoms with E-state index in [0.29, 0.717) is 23.6 Å². The van der Waals surface area contributed by atoms with E-state index in [4.69, 9.17) is 24.2 Å². The molecule has 0 aromatic heterocycles. The van der Waals surface area contributed by atoms with Gasteiger partial charge in [0.05, 0.1) is 54.9 Å². The number of hydrogen-bond donors (Lipinski definition) is 1. The molecule has 34 heavy (non-hydrogen) atoms. The Morgan fingerprint density at radius 3 is 2.24 bits per heavy atom. The topological polar surface area (TPSA) is 81.5 Å². The zero-order valence-corrected chi connectivity index (χ0v) is 20.0. The van der Waals surface area contributed by atoms with Gasteiger partial charge in [0.15, 0.2) is 0 Å². The van der Waals surface area contributed by atoms with Crippen LogP contribution in [0.5, 0.6) is 17.2 Å². The molecule has 0 unspecified atom stereocenters. The molecule has 1 heterocycles. The largest absolute Gasteiger partial charge is 0.497 e. The summed E-state index contributed by atoms with van der Waals surface area (Å²) in [5.41, 5.74) is 4.04. The zero-order chi connectivity index (χ0) is 23.9. The normalized spacial score (nSPS) is 12.6. The van der Waals surface area contributed by atoms with Crippen molar-refractivity contribution in [3.05, 3.63) is 72.3 Å². The third-order valence-corrected chi connectivity index (χ3v) is 6.15. The molecule has 1 amide bonds. The van der Waals surface area contributed by atoms with Crippen LogP contribution in [-0.4, -0.2) is 43.7 Å². The molecule has 7 nitrogen and oxygen atoms in total. The average Bonchev–Trinajstić information content (AvgIpc) is 3.07. The summed E-state index contributed by atoms with van der Waals surface area (Å²) in [4.78, 5) is 22.4. The first kappa shape index (κ1) is 23.4. The molecule has 174 valence electrons. The Labute approximate surface area is 202 Å². The number of ether oxygens (including phenoxy) is 3. The van der Waals surface area contributed by atoms with Gasteiger partial charge in [0.2, 0.25) is 5.91 Å². The molecule has 0 bridgehead atoms. The second-order valence-electron chi connectivity index (χ2n) is 7.36. The SMILES string of the molecule is COc1ccc(C2=Nc3ccccc3N=C(SCC(=O)Nc3ccc(OC)cc3OC)C2)cc1. The van der Waals surface area contributed by atoms with Crippen LogP contribution in [0.4, 0.5) is 17.1 Å². The molecule has 1 N–H and O–H groups in total. The third-order valence-electron chi connectivity index (χ3n) is 5.18. The summed E-state index contributed by atoms with van der Waals surface area (Å²) in [6.07, 6.45) is 0.519. The molecule has 3 aromatic rings. The van der Waals surface area contributed by atoms with Crippen LogP contribution in [0, 0.1) is 0 Å². The van der Waals surface area contributed by atoms with Gasteiger partial charge < -0.3 is 19.5 Å². The van der Waals surface area contributed by atoms with Gasteiger partial charge in [0.1, 0.15) is 17.2 Å². The molecule has 0 spiro atoms. The molecular formula is C26H25N3O4S.